The first kappa shape index (κ1) is 16.4. The third-order valence-electron chi connectivity index (χ3n) is 4.54. The molecule has 2 fully saturated rings. The minimum Gasteiger partial charge on any atom is -0.414 e. The SMILES string of the molecule is CC1(C)O[C@@H]2[C@H](O1)[C@H](O)O[C@H]2CO[Si](C)(C)C(C)(C)C. The maximum absolute atomic E-state index is 9.92. The van der Waals surface area contributed by atoms with Crippen LogP contribution in [0.5, 0.6) is 0 Å². The number of fused-ring (bicyclic) bond motifs is 1. The van der Waals surface area contributed by atoms with Gasteiger partial charge in [-0.1, -0.05) is 20.8 Å². The highest BCUT2D eigenvalue weighted by molar-refractivity contribution is 6.74. The Morgan fingerprint density at radius 1 is 1.15 bits per heavy atom. The van der Waals surface area contributed by atoms with Gasteiger partial charge in [-0.25, -0.2) is 0 Å². The van der Waals surface area contributed by atoms with Crippen LogP contribution in [0, 0.1) is 0 Å². The molecule has 4 atom stereocenters. The van der Waals surface area contributed by atoms with Gasteiger partial charge in [-0.05, 0) is 32.0 Å². The molecule has 0 aromatic heterocycles. The van der Waals surface area contributed by atoms with Gasteiger partial charge in [0.1, 0.15) is 18.3 Å². The van der Waals surface area contributed by atoms with E-state index in [4.69, 9.17) is 18.6 Å². The van der Waals surface area contributed by atoms with Crippen molar-refractivity contribution in [1.82, 2.24) is 0 Å². The fraction of sp³-hybridized carbons (Fsp3) is 1.00. The van der Waals surface area contributed by atoms with E-state index in [0.29, 0.717) is 6.61 Å². The molecule has 0 radical (unpaired) electrons. The number of aliphatic hydroxyl groups is 1. The predicted octanol–water partition coefficient (Wildman–Crippen LogP) is 2.25. The number of hydrogen-bond donors (Lipinski definition) is 1. The van der Waals surface area contributed by atoms with Crippen molar-refractivity contribution in [3.8, 4) is 0 Å². The minimum atomic E-state index is -1.83. The molecule has 0 aromatic carbocycles. The van der Waals surface area contributed by atoms with Gasteiger partial charge in [-0.3, -0.25) is 0 Å². The molecule has 2 aliphatic rings. The van der Waals surface area contributed by atoms with Gasteiger partial charge in [0.15, 0.2) is 20.4 Å². The Kier molecular flexibility index (Phi) is 4.13. The van der Waals surface area contributed by atoms with Crippen LogP contribution in [0.4, 0.5) is 0 Å². The van der Waals surface area contributed by atoms with Crippen LogP contribution < -0.4 is 0 Å². The molecule has 2 rings (SSSR count). The maximum atomic E-state index is 9.92. The first-order chi connectivity index (χ1) is 8.93. The Hall–Kier alpha value is 0.0169. The van der Waals surface area contributed by atoms with Crippen LogP contribution in [0.25, 0.3) is 0 Å². The number of ether oxygens (including phenoxy) is 3. The molecule has 0 amide bonds. The van der Waals surface area contributed by atoms with Crippen molar-refractivity contribution < 1.29 is 23.7 Å². The molecule has 0 bridgehead atoms. The molecule has 2 saturated heterocycles. The third kappa shape index (κ3) is 3.10. The minimum absolute atomic E-state index is 0.149. The Morgan fingerprint density at radius 3 is 2.25 bits per heavy atom. The van der Waals surface area contributed by atoms with E-state index < -0.39 is 26.5 Å². The Bertz CT molecular complexity index is 363. The first-order valence-electron chi connectivity index (χ1n) is 7.26. The number of rotatable bonds is 3. The first-order valence-corrected chi connectivity index (χ1v) is 10.2. The summed E-state index contributed by atoms with van der Waals surface area (Å²) in [5, 5.41) is 10.1. The Morgan fingerprint density at radius 2 is 1.70 bits per heavy atom. The smallest absolute Gasteiger partial charge is 0.192 e. The van der Waals surface area contributed by atoms with Gasteiger partial charge in [0.25, 0.3) is 0 Å². The molecule has 6 heteroatoms. The van der Waals surface area contributed by atoms with Gasteiger partial charge in [0.05, 0.1) is 6.61 Å². The topological polar surface area (TPSA) is 57.2 Å². The summed E-state index contributed by atoms with van der Waals surface area (Å²) in [5.74, 6) is -0.671. The van der Waals surface area contributed by atoms with Crippen molar-refractivity contribution in [2.75, 3.05) is 6.61 Å². The molecular formula is C14H28O5Si. The van der Waals surface area contributed by atoms with E-state index in [2.05, 4.69) is 33.9 Å². The zero-order chi connectivity index (χ0) is 15.3. The zero-order valence-corrected chi connectivity index (χ0v) is 14.6. The van der Waals surface area contributed by atoms with Gasteiger partial charge in [0.2, 0.25) is 0 Å². The molecular weight excluding hydrogens is 276 g/mol. The van der Waals surface area contributed by atoms with Crippen molar-refractivity contribution in [2.45, 2.75) is 83.1 Å². The van der Waals surface area contributed by atoms with E-state index in [-0.39, 0.29) is 17.2 Å². The molecule has 0 aliphatic carbocycles. The highest BCUT2D eigenvalue weighted by Crippen LogP contribution is 2.40. The van der Waals surface area contributed by atoms with Crippen molar-refractivity contribution in [1.29, 1.82) is 0 Å². The highest BCUT2D eigenvalue weighted by Gasteiger charge is 2.55. The average Bonchev–Trinajstić information content (AvgIpc) is 2.70. The molecule has 0 unspecified atom stereocenters. The second kappa shape index (κ2) is 5.03. The van der Waals surface area contributed by atoms with Gasteiger partial charge in [0, 0.05) is 0 Å². The normalized spacial score (nSPS) is 37.2. The molecule has 0 aromatic rings. The van der Waals surface area contributed by atoms with Gasteiger partial charge >= 0.3 is 0 Å². The average molecular weight is 304 g/mol. The molecule has 2 aliphatic heterocycles. The summed E-state index contributed by atoms with van der Waals surface area (Å²) in [4.78, 5) is 0. The molecule has 0 spiro atoms. The maximum Gasteiger partial charge on any atom is 0.192 e. The van der Waals surface area contributed by atoms with Crippen molar-refractivity contribution >= 4 is 8.32 Å². The van der Waals surface area contributed by atoms with Crippen LogP contribution in [0.2, 0.25) is 18.1 Å². The Labute approximate surface area is 122 Å². The summed E-state index contributed by atoms with van der Waals surface area (Å²) >= 11 is 0. The van der Waals surface area contributed by atoms with E-state index in [1.165, 1.54) is 0 Å². The largest absolute Gasteiger partial charge is 0.414 e. The molecule has 2 heterocycles. The summed E-state index contributed by atoms with van der Waals surface area (Å²) in [6.45, 7) is 15.1. The summed E-state index contributed by atoms with van der Waals surface area (Å²) < 4.78 is 23.2. The summed E-state index contributed by atoms with van der Waals surface area (Å²) in [5.41, 5.74) is 0. The Balaban J connectivity index is 1.98. The van der Waals surface area contributed by atoms with E-state index in [1.54, 1.807) is 0 Å². The molecule has 5 nitrogen and oxygen atoms in total. The lowest BCUT2D eigenvalue weighted by molar-refractivity contribution is -0.222. The molecule has 1 N–H and O–H groups in total. The van der Waals surface area contributed by atoms with Gasteiger partial charge in [-0.15, -0.1) is 0 Å². The quantitative estimate of drug-likeness (QED) is 0.810. The van der Waals surface area contributed by atoms with Gasteiger partial charge < -0.3 is 23.7 Å². The van der Waals surface area contributed by atoms with Crippen LogP contribution in [-0.2, 0) is 18.6 Å². The second-order valence-corrected chi connectivity index (χ2v) is 12.5. The summed E-state index contributed by atoms with van der Waals surface area (Å²) in [6, 6.07) is 0. The molecule has 0 saturated carbocycles. The number of hydrogen-bond acceptors (Lipinski definition) is 5. The fourth-order valence-electron chi connectivity index (χ4n) is 2.30. The summed E-state index contributed by atoms with van der Waals surface area (Å²) in [7, 11) is -1.83. The standard InChI is InChI=1S/C14H28O5Si/c1-13(2,3)20(6,7)16-8-9-10-11(12(15)17-9)19-14(4,5)18-10/h9-12,15H,8H2,1-7H3/t9-,10-,11-,12+/m0/s1. The van der Waals surface area contributed by atoms with Crippen LogP contribution in [0.15, 0.2) is 0 Å². The zero-order valence-electron chi connectivity index (χ0n) is 13.6. The van der Waals surface area contributed by atoms with E-state index in [9.17, 15) is 5.11 Å². The lowest BCUT2D eigenvalue weighted by atomic mass is 10.1. The van der Waals surface area contributed by atoms with Crippen LogP contribution in [0.3, 0.4) is 0 Å². The van der Waals surface area contributed by atoms with Crippen LogP contribution in [0.1, 0.15) is 34.6 Å². The lowest BCUT2D eigenvalue weighted by Gasteiger charge is -2.37. The van der Waals surface area contributed by atoms with Crippen molar-refractivity contribution in [3.05, 3.63) is 0 Å². The van der Waals surface area contributed by atoms with Gasteiger partial charge in [-0.2, -0.15) is 0 Å². The lowest BCUT2D eigenvalue weighted by Crippen LogP contribution is -2.44. The number of aliphatic hydroxyl groups excluding tert-OH is 1. The second-order valence-electron chi connectivity index (χ2n) is 7.70. The fourth-order valence-corrected chi connectivity index (χ4v) is 3.31. The highest BCUT2D eigenvalue weighted by atomic mass is 28.4. The monoisotopic (exact) mass is 304 g/mol. The third-order valence-corrected chi connectivity index (χ3v) is 9.04. The van der Waals surface area contributed by atoms with E-state index >= 15 is 0 Å². The summed E-state index contributed by atoms with van der Waals surface area (Å²) in [6.07, 6.45) is -1.89. The van der Waals surface area contributed by atoms with Crippen LogP contribution in [-0.4, -0.2) is 50.4 Å². The predicted molar refractivity (Wildman–Crippen MR) is 77.9 cm³/mol. The van der Waals surface area contributed by atoms with Crippen LogP contribution >= 0.6 is 0 Å². The van der Waals surface area contributed by atoms with E-state index in [1.807, 2.05) is 13.8 Å². The molecule has 20 heavy (non-hydrogen) atoms. The van der Waals surface area contributed by atoms with Crippen molar-refractivity contribution in [2.24, 2.45) is 0 Å². The van der Waals surface area contributed by atoms with Crippen molar-refractivity contribution in [3.63, 3.8) is 0 Å². The molecule has 118 valence electrons. The van der Waals surface area contributed by atoms with E-state index in [0.717, 1.165) is 0 Å².